The van der Waals surface area contributed by atoms with Crippen LogP contribution in [0.3, 0.4) is 0 Å². The van der Waals surface area contributed by atoms with Gasteiger partial charge in [0.15, 0.2) is 5.82 Å². The number of aromatic nitrogens is 2. The second kappa shape index (κ2) is 5.90. The van der Waals surface area contributed by atoms with Crippen molar-refractivity contribution in [1.82, 2.24) is 9.97 Å². The van der Waals surface area contributed by atoms with Crippen molar-refractivity contribution in [2.75, 3.05) is 5.73 Å². The maximum absolute atomic E-state index is 5.89. The monoisotopic (exact) mass is 271 g/mol. The third-order valence-corrected chi connectivity index (χ3v) is 3.07. The van der Waals surface area contributed by atoms with Gasteiger partial charge in [0.25, 0.3) is 0 Å². The van der Waals surface area contributed by atoms with Gasteiger partial charge in [-0.3, -0.25) is 0 Å². The molecular weight excluding hydrogens is 250 g/mol. The summed E-state index contributed by atoms with van der Waals surface area (Å²) in [5.41, 5.74) is 8.94. The van der Waals surface area contributed by atoms with Crippen molar-refractivity contribution in [3.05, 3.63) is 46.9 Å². The zero-order valence-corrected chi connectivity index (χ0v) is 12.5. The maximum atomic E-state index is 5.89. The number of nitrogens with two attached hydrogens (primary N) is 1. The minimum Gasteiger partial charge on any atom is -0.485 e. The topological polar surface area (TPSA) is 61.0 Å². The van der Waals surface area contributed by atoms with Crippen LogP contribution < -0.4 is 10.5 Å². The van der Waals surface area contributed by atoms with E-state index in [1.165, 1.54) is 11.1 Å². The van der Waals surface area contributed by atoms with Crippen molar-refractivity contribution in [3.8, 4) is 5.75 Å². The predicted octanol–water partition coefficient (Wildman–Crippen LogP) is 3.38. The molecule has 1 aromatic carbocycles. The van der Waals surface area contributed by atoms with Crippen molar-refractivity contribution in [2.24, 2.45) is 0 Å². The summed E-state index contributed by atoms with van der Waals surface area (Å²) in [4.78, 5) is 8.52. The van der Waals surface area contributed by atoms with Crippen LogP contribution in [0.4, 0.5) is 5.82 Å². The quantitative estimate of drug-likeness (QED) is 0.926. The largest absolute Gasteiger partial charge is 0.485 e. The Labute approximate surface area is 120 Å². The molecule has 0 atom stereocenters. The number of nitrogen functional groups attached to an aromatic ring is 1. The molecule has 1 aromatic heterocycles. The van der Waals surface area contributed by atoms with Gasteiger partial charge >= 0.3 is 0 Å². The van der Waals surface area contributed by atoms with Crippen LogP contribution >= 0.6 is 0 Å². The molecule has 0 radical (unpaired) electrons. The molecule has 0 unspecified atom stereocenters. The van der Waals surface area contributed by atoms with Crippen LogP contribution in [-0.4, -0.2) is 9.97 Å². The van der Waals surface area contributed by atoms with Crippen molar-refractivity contribution in [3.63, 3.8) is 0 Å². The summed E-state index contributed by atoms with van der Waals surface area (Å²) in [6, 6.07) is 8.01. The fourth-order valence-electron chi connectivity index (χ4n) is 2.11. The summed E-state index contributed by atoms with van der Waals surface area (Å²) in [5.74, 6) is 2.39. The number of ether oxygens (including phenoxy) is 1. The van der Waals surface area contributed by atoms with Crippen molar-refractivity contribution >= 4 is 5.82 Å². The van der Waals surface area contributed by atoms with E-state index in [-0.39, 0.29) is 0 Å². The van der Waals surface area contributed by atoms with Crippen LogP contribution in [0.5, 0.6) is 5.75 Å². The third kappa shape index (κ3) is 3.47. The van der Waals surface area contributed by atoms with Crippen LogP contribution in [0, 0.1) is 13.8 Å². The van der Waals surface area contributed by atoms with Crippen molar-refractivity contribution in [2.45, 2.75) is 40.2 Å². The van der Waals surface area contributed by atoms with Gasteiger partial charge in [0, 0.05) is 11.8 Å². The Morgan fingerprint density at radius 3 is 2.55 bits per heavy atom. The lowest BCUT2D eigenvalue weighted by atomic mass is 10.0. The molecule has 0 aliphatic rings. The summed E-state index contributed by atoms with van der Waals surface area (Å²) < 4.78 is 5.89. The minimum atomic E-state index is 0.328. The normalized spacial score (nSPS) is 10.8. The molecule has 20 heavy (non-hydrogen) atoms. The summed E-state index contributed by atoms with van der Waals surface area (Å²) in [6.07, 6.45) is 0. The fourth-order valence-corrected chi connectivity index (χ4v) is 2.11. The zero-order valence-electron chi connectivity index (χ0n) is 12.5. The molecule has 0 saturated heterocycles. The lowest BCUT2D eigenvalue weighted by molar-refractivity contribution is 0.291. The van der Waals surface area contributed by atoms with E-state index < -0.39 is 0 Å². The first-order chi connectivity index (χ1) is 9.45. The average Bonchev–Trinajstić information content (AvgIpc) is 2.35. The van der Waals surface area contributed by atoms with E-state index in [9.17, 15) is 0 Å². The van der Waals surface area contributed by atoms with Gasteiger partial charge in [-0.15, -0.1) is 0 Å². The van der Waals surface area contributed by atoms with Crippen LogP contribution in [0.25, 0.3) is 0 Å². The molecule has 1 heterocycles. The highest BCUT2D eigenvalue weighted by Gasteiger charge is 2.09. The first kappa shape index (κ1) is 14.3. The lowest BCUT2D eigenvalue weighted by Crippen LogP contribution is -2.06. The Morgan fingerprint density at radius 2 is 1.90 bits per heavy atom. The molecule has 0 fully saturated rings. The Morgan fingerprint density at radius 1 is 1.15 bits per heavy atom. The summed E-state index contributed by atoms with van der Waals surface area (Å²) in [6.45, 7) is 8.58. The van der Waals surface area contributed by atoms with Crippen molar-refractivity contribution < 1.29 is 4.74 Å². The summed E-state index contributed by atoms with van der Waals surface area (Å²) in [7, 11) is 0. The van der Waals surface area contributed by atoms with Gasteiger partial charge in [0.1, 0.15) is 18.2 Å². The molecule has 0 amide bonds. The fraction of sp³-hybridized carbons (Fsp3) is 0.375. The van der Waals surface area contributed by atoms with Gasteiger partial charge in [0.05, 0.1) is 0 Å². The van der Waals surface area contributed by atoms with E-state index in [0.29, 0.717) is 24.2 Å². The molecule has 2 rings (SSSR count). The minimum absolute atomic E-state index is 0.328. The number of hydrogen-bond acceptors (Lipinski definition) is 4. The van der Waals surface area contributed by atoms with Gasteiger partial charge in [-0.25, -0.2) is 9.97 Å². The van der Waals surface area contributed by atoms with E-state index in [0.717, 1.165) is 11.4 Å². The van der Waals surface area contributed by atoms with Gasteiger partial charge in [-0.05, 0) is 37.0 Å². The molecule has 0 aliphatic carbocycles. The molecule has 4 heteroatoms. The molecular formula is C16H21N3O. The zero-order chi connectivity index (χ0) is 14.7. The molecule has 106 valence electrons. The van der Waals surface area contributed by atoms with Crippen LogP contribution in [0.1, 0.15) is 42.4 Å². The van der Waals surface area contributed by atoms with Gasteiger partial charge < -0.3 is 10.5 Å². The van der Waals surface area contributed by atoms with E-state index in [1.54, 1.807) is 6.07 Å². The first-order valence-corrected chi connectivity index (χ1v) is 6.79. The van der Waals surface area contributed by atoms with Crippen molar-refractivity contribution in [1.29, 1.82) is 0 Å². The smallest absolute Gasteiger partial charge is 0.168 e. The molecule has 0 bridgehead atoms. The van der Waals surface area contributed by atoms with E-state index >= 15 is 0 Å². The van der Waals surface area contributed by atoms with E-state index in [4.69, 9.17) is 10.5 Å². The van der Waals surface area contributed by atoms with E-state index in [1.807, 2.05) is 6.92 Å². The number of hydrogen-bond donors (Lipinski definition) is 1. The number of nitrogens with zero attached hydrogens (tertiary/aromatic N) is 2. The Kier molecular flexibility index (Phi) is 4.23. The Hall–Kier alpha value is -2.10. The molecule has 0 saturated carbocycles. The predicted molar refractivity (Wildman–Crippen MR) is 80.8 cm³/mol. The Bertz CT molecular complexity index is 588. The maximum Gasteiger partial charge on any atom is 0.168 e. The van der Waals surface area contributed by atoms with Gasteiger partial charge in [-0.1, -0.05) is 26.0 Å². The highest BCUT2D eigenvalue weighted by atomic mass is 16.5. The van der Waals surface area contributed by atoms with E-state index in [2.05, 4.69) is 48.9 Å². The highest BCUT2D eigenvalue weighted by molar-refractivity contribution is 5.39. The SMILES string of the molecule is Cc1ccc(C(C)C)c(OCc2nc(C)cc(N)n2)c1. The molecule has 2 N–H and O–H groups in total. The van der Waals surface area contributed by atoms with Crippen LogP contribution in [0.2, 0.25) is 0 Å². The lowest BCUT2D eigenvalue weighted by Gasteiger charge is -2.14. The number of anilines is 1. The van der Waals surface area contributed by atoms with Crippen LogP contribution in [0.15, 0.2) is 24.3 Å². The van der Waals surface area contributed by atoms with Gasteiger partial charge in [0.2, 0.25) is 0 Å². The second-order valence-corrected chi connectivity index (χ2v) is 5.34. The molecule has 0 aliphatic heterocycles. The average molecular weight is 271 g/mol. The van der Waals surface area contributed by atoms with Gasteiger partial charge in [-0.2, -0.15) is 0 Å². The number of rotatable bonds is 4. The summed E-state index contributed by atoms with van der Waals surface area (Å²) in [5, 5.41) is 0. The number of aryl methyl sites for hydroxylation is 2. The second-order valence-electron chi connectivity index (χ2n) is 5.34. The first-order valence-electron chi connectivity index (χ1n) is 6.79. The highest BCUT2D eigenvalue weighted by Crippen LogP contribution is 2.28. The molecule has 4 nitrogen and oxygen atoms in total. The molecule has 2 aromatic rings. The third-order valence-electron chi connectivity index (χ3n) is 3.07. The Balaban J connectivity index is 2.20. The summed E-state index contributed by atoms with van der Waals surface area (Å²) >= 11 is 0. The standard InChI is InChI=1S/C16H21N3O/c1-10(2)13-6-5-11(3)7-14(13)20-9-16-18-12(4)8-15(17)19-16/h5-8,10H,9H2,1-4H3,(H2,17,18,19). The van der Waals surface area contributed by atoms with Crippen LogP contribution in [-0.2, 0) is 6.61 Å². The molecule has 0 spiro atoms. The number of benzene rings is 1.